The Morgan fingerprint density at radius 1 is 0.460 bits per heavy atom. The van der Waals surface area contributed by atoms with Crippen molar-refractivity contribution >= 4 is 15.6 Å². The van der Waals surface area contributed by atoms with E-state index in [1.165, 1.54) is 0 Å². The molecule has 6 aromatic carbocycles. The molecule has 0 spiro atoms. The van der Waals surface area contributed by atoms with Gasteiger partial charge >= 0.3 is 15.6 Å². The lowest BCUT2D eigenvalue weighted by Crippen LogP contribution is -2.22. The Bertz CT molecular complexity index is 2020. The van der Waals surface area contributed by atoms with Crippen LogP contribution in [0.15, 0.2) is 146 Å². The lowest BCUT2D eigenvalue weighted by atomic mass is 9.68. The number of rotatable bonds is 8. The van der Waals surface area contributed by atoms with E-state index in [0.717, 1.165) is 55.6 Å². The van der Waals surface area contributed by atoms with Gasteiger partial charge < -0.3 is 29.8 Å². The van der Waals surface area contributed by atoms with Gasteiger partial charge in [0, 0.05) is 16.5 Å². The minimum absolute atomic E-state index is 0.233. The summed E-state index contributed by atoms with van der Waals surface area (Å²) >= 11 is 0. The van der Waals surface area contributed by atoms with E-state index in [2.05, 4.69) is 66.7 Å². The smallest absolute Gasteiger partial charge is 0.478 e. The number of aromatic hydroxyl groups is 2. The lowest BCUT2D eigenvalue weighted by molar-refractivity contribution is 0.225. The van der Waals surface area contributed by atoms with Gasteiger partial charge in [-0.05, 0) is 56.6 Å². The highest BCUT2D eigenvalue weighted by molar-refractivity contribution is 7.60. The van der Waals surface area contributed by atoms with Crippen LogP contribution in [0.4, 0.5) is 0 Å². The molecule has 0 amide bonds. The van der Waals surface area contributed by atoms with Gasteiger partial charge in [-0.3, -0.25) is 0 Å². The van der Waals surface area contributed by atoms with Crippen molar-refractivity contribution in [3.63, 3.8) is 0 Å². The Morgan fingerprint density at radius 3 is 1.04 bits per heavy atom. The number of hydrogen-bond acceptors (Lipinski definition) is 5. The largest absolute Gasteiger partial charge is 0.508 e. The first kappa shape index (κ1) is 36.5. The Labute approximate surface area is 290 Å². The first-order valence-electron chi connectivity index (χ1n) is 15.4. The lowest BCUT2D eigenvalue weighted by Gasteiger charge is -2.35. The maximum absolute atomic E-state index is 12.4. The number of hydrogen-bond donors (Lipinski definition) is 6. The van der Waals surface area contributed by atoms with Gasteiger partial charge in [0.05, 0.1) is 0 Å². The van der Waals surface area contributed by atoms with Gasteiger partial charge in [0.2, 0.25) is 0 Å². The van der Waals surface area contributed by atoms with Crippen molar-refractivity contribution in [3.05, 3.63) is 157 Å². The van der Waals surface area contributed by atoms with Crippen molar-refractivity contribution < 1.29 is 43.2 Å². The molecule has 0 atom stereocenters. The summed E-state index contributed by atoms with van der Waals surface area (Å²) in [7, 11) is -10.1. The average molecular weight is 711 g/mol. The zero-order valence-corrected chi connectivity index (χ0v) is 28.9. The van der Waals surface area contributed by atoms with E-state index in [4.69, 9.17) is 19.6 Å². The quantitative estimate of drug-likeness (QED) is 0.0845. The summed E-state index contributed by atoms with van der Waals surface area (Å²) < 4.78 is 22.2. The maximum atomic E-state index is 12.4. The third kappa shape index (κ3) is 8.48. The molecular weight excluding hydrogens is 674 g/mol. The van der Waals surface area contributed by atoms with E-state index in [1.807, 2.05) is 84.9 Å². The fraction of sp³-hybridized carbons (Fsp3) is 0.0769. The summed E-state index contributed by atoms with van der Waals surface area (Å²) in [5.74, 6) is 0.488. The van der Waals surface area contributed by atoms with Gasteiger partial charge in [-0.2, -0.15) is 4.31 Å². The summed E-state index contributed by atoms with van der Waals surface area (Å²) in [4.78, 5) is 31.0. The molecule has 0 saturated carbocycles. The predicted molar refractivity (Wildman–Crippen MR) is 195 cm³/mol. The zero-order chi connectivity index (χ0) is 36.1. The molecule has 0 unspecified atom stereocenters. The molecule has 6 rings (SSSR count). The van der Waals surface area contributed by atoms with E-state index < -0.39 is 21.1 Å². The Kier molecular flexibility index (Phi) is 10.9. The molecule has 9 nitrogen and oxygen atoms in total. The molecule has 6 aromatic rings. The molecule has 0 radical (unpaired) electrons. The van der Waals surface area contributed by atoms with Crippen molar-refractivity contribution in [2.75, 3.05) is 0 Å². The number of benzene rings is 6. The van der Waals surface area contributed by atoms with Crippen LogP contribution < -0.4 is 0 Å². The van der Waals surface area contributed by atoms with Crippen LogP contribution in [0.3, 0.4) is 0 Å². The second-order valence-electron chi connectivity index (χ2n) is 11.9. The highest BCUT2D eigenvalue weighted by Gasteiger charge is 2.36. The van der Waals surface area contributed by atoms with Gasteiger partial charge in [-0.1, -0.05) is 147 Å². The third-order valence-electron chi connectivity index (χ3n) is 8.15. The van der Waals surface area contributed by atoms with Crippen LogP contribution in [-0.2, 0) is 18.9 Å². The van der Waals surface area contributed by atoms with Crippen molar-refractivity contribution in [1.29, 1.82) is 0 Å². The SMILES string of the molecule is CC(C)(c1ccc(O)cc1)c1c(-c2ccccc2)c(-c2ccccc2)c(O)c(-c2ccccc2)c1-c1ccccc1.O=P(O)(O)OP(=O)(O)O. The molecule has 256 valence electrons. The summed E-state index contributed by atoms with van der Waals surface area (Å²) in [6.45, 7) is 4.46. The molecule has 0 saturated heterocycles. The maximum Gasteiger partial charge on any atom is 0.478 e. The van der Waals surface area contributed by atoms with Crippen molar-refractivity contribution in [2.45, 2.75) is 19.3 Å². The molecule has 0 aliphatic heterocycles. The van der Waals surface area contributed by atoms with Gasteiger partial charge in [0.25, 0.3) is 0 Å². The molecule has 0 aromatic heterocycles. The van der Waals surface area contributed by atoms with Gasteiger partial charge in [-0.25, -0.2) is 9.13 Å². The first-order chi connectivity index (χ1) is 23.7. The Morgan fingerprint density at radius 2 is 0.760 bits per heavy atom. The third-order valence-corrected chi connectivity index (χ3v) is 9.85. The van der Waals surface area contributed by atoms with Crippen LogP contribution in [0.5, 0.6) is 11.5 Å². The summed E-state index contributed by atoms with van der Waals surface area (Å²) in [6.07, 6.45) is 0. The topological polar surface area (TPSA) is 165 Å². The molecule has 0 bridgehead atoms. The minimum Gasteiger partial charge on any atom is -0.508 e. The molecule has 11 heteroatoms. The van der Waals surface area contributed by atoms with Crippen molar-refractivity contribution in [3.8, 4) is 56.0 Å². The molecule has 6 N–H and O–H groups in total. The van der Waals surface area contributed by atoms with Crippen LogP contribution in [0.1, 0.15) is 25.0 Å². The summed E-state index contributed by atoms with van der Waals surface area (Å²) in [5.41, 5.74) is 9.19. The fourth-order valence-electron chi connectivity index (χ4n) is 6.08. The summed E-state index contributed by atoms with van der Waals surface area (Å²) in [5, 5.41) is 22.6. The molecular formula is C39H36O9P2. The number of phenols is 2. The number of phenolic OH excluding ortho intramolecular Hbond substituents is 2. The van der Waals surface area contributed by atoms with Gasteiger partial charge in [-0.15, -0.1) is 0 Å². The van der Waals surface area contributed by atoms with Crippen molar-refractivity contribution in [2.24, 2.45) is 0 Å². The monoisotopic (exact) mass is 710 g/mol. The zero-order valence-electron chi connectivity index (χ0n) is 27.2. The molecule has 0 aliphatic carbocycles. The van der Waals surface area contributed by atoms with E-state index in [0.29, 0.717) is 0 Å². The highest BCUT2D eigenvalue weighted by Crippen LogP contribution is 2.56. The Hall–Kier alpha value is -4.82. The Balaban J connectivity index is 0.000000478. The normalized spacial score (nSPS) is 11.8. The number of phosphoric acid groups is 2. The van der Waals surface area contributed by atoms with Crippen LogP contribution in [0.2, 0.25) is 0 Å². The highest BCUT2D eigenvalue weighted by atomic mass is 31.3. The molecule has 0 aliphatic rings. The standard InChI is InChI=1S/C39H32O2.H4O7P2/c1-39(2,31-23-25-32(40)26-24-31)37-33(27-15-7-3-8-16-27)35(29-19-11-5-12-20-29)38(41)36(30-21-13-6-14-22-30)34(37)28-17-9-4-10-18-28;1-8(2,3)7-9(4,5)6/h3-26,40-41H,1-2H3;(H2,1,2,3)(H2,4,5,6). The van der Waals surface area contributed by atoms with E-state index in [-0.39, 0.29) is 11.5 Å². The van der Waals surface area contributed by atoms with E-state index in [1.54, 1.807) is 12.1 Å². The first-order valence-corrected chi connectivity index (χ1v) is 18.5. The van der Waals surface area contributed by atoms with Crippen molar-refractivity contribution in [1.82, 2.24) is 0 Å². The average Bonchev–Trinajstić information content (AvgIpc) is 3.08. The van der Waals surface area contributed by atoms with Crippen LogP contribution in [0, 0.1) is 0 Å². The predicted octanol–water partition coefficient (Wildman–Crippen LogP) is 9.28. The second-order valence-corrected chi connectivity index (χ2v) is 14.5. The second kappa shape index (κ2) is 15.0. The van der Waals surface area contributed by atoms with Crippen LogP contribution in [0.25, 0.3) is 44.5 Å². The van der Waals surface area contributed by atoms with Crippen LogP contribution >= 0.6 is 15.6 Å². The minimum atomic E-state index is -5.05. The van der Waals surface area contributed by atoms with Gasteiger partial charge in [0.15, 0.2) is 0 Å². The van der Waals surface area contributed by atoms with E-state index in [9.17, 15) is 19.3 Å². The van der Waals surface area contributed by atoms with E-state index >= 15 is 0 Å². The molecule has 50 heavy (non-hydrogen) atoms. The summed E-state index contributed by atoms with van der Waals surface area (Å²) in [6, 6.07) is 48.5. The fourth-order valence-corrected chi connectivity index (χ4v) is 7.19. The molecule has 0 heterocycles. The van der Waals surface area contributed by atoms with Crippen LogP contribution in [-0.4, -0.2) is 29.8 Å². The van der Waals surface area contributed by atoms with Gasteiger partial charge in [0.1, 0.15) is 11.5 Å². The molecule has 0 fully saturated rings.